The molecule has 2 heterocycles. The molecular weight excluding hydrogens is 250 g/mol. The normalized spacial score (nSPS) is 18.4. The van der Waals surface area contributed by atoms with Crippen molar-refractivity contribution in [1.29, 1.82) is 0 Å². The summed E-state index contributed by atoms with van der Waals surface area (Å²) in [4.78, 5) is 6.79. The number of hydrogen-bond donors (Lipinski definition) is 1. The van der Waals surface area contributed by atoms with E-state index in [4.69, 9.17) is 4.74 Å². The molecule has 0 spiro atoms. The number of ether oxygens (including phenoxy) is 1. The highest BCUT2D eigenvalue weighted by molar-refractivity contribution is 5.15. The van der Waals surface area contributed by atoms with Gasteiger partial charge in [-0.1, -0.05) is 19.9 Å². The third kappa shape index (κ3) is 4.27. The lowest BCUT2D eigenvalue weighted by molar-refractivity contribution is 0.0155. The first-order valence-corrected chi connectivity index (χ1v) is 7.80. The number of hydrogen-bond acceptors (Lipinski definition) is 4. The van der Waals surface area contributed by atoms with Gasteiger partial charge in [0.15, 0.2) is 0 Å². The Balaban J connectivity index is 2.03. The summed E-state index contributed by atoms with van der Waals surface area (Å²) in [6, 6.07) is 5.21. The Morgan fingerprint density at radius 2 is 2.05 bits per heavy atom. The predicted octanol–water partition coefficient (Wildman–Crippen LogP) is 2.23. The molecule has 0 bridgehead atoms. The van der Waals surface area contributed by atoms with Gasteiger partial charge < -0.3 is 10.1 Å². The maximum absolute atomic E-state index is 5.48. The largest absolute Gasteiger partial charge is 0.379 e. The van der Waals surface area contributed by atoms with E-state index in [1.807, 2.05) is 18.5 Å². The van der Waals surface area contributed by atoms with Crippen LogP contribution in [0.4, 0.5) is 0 Å². The van der Waals surface area contributed by atoms with Crippen LogP contribution < -0.4 is 5.32 Å². The summed E-state index contributed by atoms with van der Waals surface area (Å²) in [6.07, 6.45) is 6.20. The van der Waals surface area contributed by atoms with Gasteiger partial charge in [-0.15, -0.1) is 0 Å². The van der Waals surface area contributed by atoms with Crippen LogP contribution >= 0.6 is 0 Å². The molecule has 0 radical (unpaired) electrons. The zero-order valence-electron chi connectivity index (χ0n) is 12.7. The molecule has 0 unspecified atom stereocenters. The van der Waals surface area contributed by atoms with Gasteiger partial charge in [0.05, 0.1) is 13.2 Å². The van der Waals surface area contributed by atoms with Crippen LogP contribution in [-0.4, -0.2) is 48.8 Å². The summed E-state index contributed by atoms with van der Waals surface area (Å²) in [7, 11) is 0. The standard InChI is InChI=1S/C16H27N3O/c1-3-15(4-2)18-13-16(14-6-5-7-17-12-14)19-8-10-20-11-9-19/h5-7,12,15-16,18H,3-4,8-11,13H2,1-2H3/t16-/m0/s1. The first kappa shape index (κ1) is 15.4. The van der Waals surface area contributed by atoms with Crippen molar-refractivity contribution in [2.24, 2.45) is 0 Å². The monoisotopic (exact) mass is 277 g/mol. The van der Waals surface area contributed by atoms with Crippen LogP contribution in [0.5, 0.6) is 0 Å². The topological polar surface area (TPSA) is 37.4 Å². The van der Waals surface area contributed by atoms with E-state index in [0.29, 0.717) is 12.1 Å². The van der Waals surface area contributed by atoms with Gasteiger partial charge in [-0.25, -0.2) is 0 Å². The minimum absolute atomic E-state index is 0.396. The molecule has 4 heteroatoms. The second-order valence-electron chi connectivity index (χ2n) is 5.37. The van der Waals surface area contributed by atoms with Gasteiger partial charge >= 0.3 is 0 Å². The smallest absolute Gasteiger partial charge is 0.0594 e. The molecule has 1 N–H and O–H groups in total. The van der Waals surface area contributed by atoms with E-state index < -0.39 is 0 Å². The van der Waals surface area contributed by atoms with Crippen LogP contribution in [0.2, 0.25) is 0 Å². The second-order valence-corrected chi connectivity index (χ2v) is 5.37. The van der Waals surface area contributed by atoms with Gasteiger partial charge in [0.1, 0.15) is 0 Å². The van der Waals surface area contributed by atoms with Gasteiger partial charge in [-0.3, -0.25) is 9.88 Å². The third-order valence-corrected chi connectivity index (χ3v) is 4.14. The van der Waals surface area contributed by atoms with Crippen molar-refractivity contribution in [2.75, 3.05) is 32.8 Å². The summed E-state index contributed by atoms with van der Waals surface area (Å²) >= 11 is 0. The number of nitrogens with zero attached hydrogens (tertiary/aromatic N) is 2. The molecule has 1 fully saturated rings. The summed E-state index contributed by atoms with van der Waals surface area (Å²) in [5.41, 5.74) is 1.30. The zero-order valence-corrected chi connectivity index (χ0v) is 12.7. The lowest BCUT2D eigenvalue weighted by Crippen LogP contribution is -2.44. The molecule has 0 saturated carbocycles. The fourth-order valence-electron chi connectivity index (χ4n) is 2.78. The van der Waals surface area contributed by atoms with E-state index in [1.165, 1.54) is 18.4 Å². The van der Waals surface area contributed by atoms with Crippen molar-refractivity contribution >= 4 is 0 Å². The van der Waals surface area contributed by atoms with Crippen molar-refractivity contribution in [3.8, 4) is 0 Å². The maximum atomic E-state index is 5.48. The highest BCUT2D eigenvalue weighted by Crippen LogP contribution is 2.20. The Bertz CT molecular complexity index is 361. The van der Waals surface area contributed by atoms with Crippen molar-refractivity contribution in [1.82, 2.24) is 15.2 Å². The number of morpholine rings is 1. The number of pyridine rings is 1. The average Bonchev–Trinajstić information content (AvgIpc) is 2.53. The first-order chi connectivity index (χ1) is 9.85. The summed E-state index contributed by atoms with van der Waals surface area (Å²) in [6.45, 7) is 9.15. The molecule has 0 aromatic carbocycles. The second kappa shape index (κ2) is 8.35. The molecule has 2 rings (SSSR count). The maximum Gasteiger partial charge on any atom is 0.0594 e. The molecule has 1 aliphatic rings. The molecule has 0 aliphatic carbocycles. The molecule has 1 atom stereocenters. The molecule has 4 nitrogen and oxygen atoms in total. The van der Waals surface area contributed by atoms with Crippen LogP contribution in [0.3, 0.4) is 0 Å². The molecule has 112 valence electrons. The van der Waals surface area contributed by atoms with Crippen LogP contribution in [0, 0.1) is 0 Å². The quantitative estimate of drug-likeness (QED) is 0.829. The van der Waals surface area contributed by atoms with E-state index in [9.17, 15) is 0 Å². The number of rotatable bonds is 7. The first-order valence-electron chi connectivity index (χ1n) is 7.80. The highest BCUT2D eigenvalue weighted by Gasteiger charge is 2.23. The Morgan fingerprint density at radius 1 is 1.30 bits per heavy atom. The molecule has 1 aromatic heterocycles. The van der Waals surface area contributed by atoms with Crippen LogP contribution in [0.25, 0.3) is 0 Å². The van der Waals surface area contributed by atoms with Crippen LogP contribution in [0.15, 0.2) is 24.5 Å². The highest BCUT2D eigenvalue weighted by atomic mass is 16.5. The fourth-order valence-corrected chi connectivity index (χ4v) is 2.78. The lowest BCUT2D eigenvalue weighted by atomic mass is 10.1. The van der Waals surface area contributed by atoms with Gasteiger partial charge in [0.2, 0.25) is 0 Å². The van der Waals surface area contributed by atoms with Crippen molar-refractivity contribution in [3.63, 3.8) is 0 Å². The summed E-state index contributed by atoms with van der Waals surface area (Å²) in [5, 5.41) is 3.70. The van der Waals surface area contributed by atoms with Crippen molar-refractivity contribution < 1.29 is 4.74 Å². The lowest BCUT2D eigenvalue weighted by Gasteiger charge is -2.35. The van der Waals surface area contributed by atoms with E-state index in [2.05, 4.69) is 35.1 Å². The fraction of sp³-hybridized carbons (Fsp3) is 0.688. The van der Waals surface area contributed by atoms with Gasteiger partial charge in [-0.05, 0) is 24.5 Å². The van der Waals surface area contributed by atoms with Crippen LogP contribution in [-0.2, 0) is 4.74 Å². The summed E-state index contributed by atoms with van der Waals surface area (Å²) in [5.74, 6) is 0. The molecule has 1 aromatic rings. The zero-order chi connectivity index (χ0) is 14.2. The Kier molecular flexibility index (Phi) is 6.43. The molecule has 0 amide bonds. The molecule has 1 saturated heterocycles. The number of nitrogens with one attached hydrogen (secondary N) is 1. The Morgan fingerprint density at radius 3 is 2.65 bits per heavy atom. The van der Waals surface area contributed by atoms with Crippen molar-refractivity contribution in [2.45, 2.75) is 38.8 Å². The predicted molar refractivity (Wildman–Crippen MR) is 81.7 cm³/mol. The minimum atomic E-state index is 0.396. The minimum Gasteiger partial charge on any atom is -0.379 e. The molecule has 1 aliphatic heterocycles. The summed E-state index contributed by atoms with van der Waals surface area (Å²) < 4.78 is 5.48. The van der Waals surface area contributed by atoms with Gasteiger partial charge in [0.25, 0.3) is 0 Å². The average molecular weight is 277 g/mol. The van der Waals surface area contributed by atoms with E-state index in [1.54, 1.807) is 0 Å². The molecule has 20 heavy (non-hydrogen) atoms. The SMILES string of the molecule is CCC(CC)NC[C@@H](c1cccnc1)N1CCOCC1. The van der Waals surface area contributed by atoms with Gasteiger partial charge in [-0.2, -0.15) is 0 Å². The van der Waals surface area contributed by atoms with Crippen molar-refractivity contribution in [3.05, 3.63) is 30.1 Å². The third-order valence-electron chi connectivity index (χ3n) is 4.14. The van der Waals surface area contributed by atoms with E-state index in [0.717, 1.165) is 32.8 Å². The number of aromatic nitrogens is 1. The Hall–Kier alpha value is -0.970. The van der Waals surface area contributed by atoms with Crippen LogP contribution in [0.1, 0.15) is 38.3 Å². The Labute approximate surface area is 122 Å². The van der Waals surface area contributed by atoms with Gasteiger partial charge in [0, 0.05) is 44.1 Å². The van der Waals surface area contributed by atoms with E-state index >= 15 is 0 Å². The molecular formula is C16H27N3O. The van der Waals surface area contributed by atoms with E-state index in [-0.39, 0.29) is 0 Å².